The van der Waals surface area contributed by atoms with Crippen LogP contribution in [0.3, 0.4) is 0 Å². The van der Waals surface area contributed by atoms with Crippen LogP contribution in [0.5, 0.6) is 5.75 Å². The highest BCUT2D eigenvalue weighted by atomic mass is 19.4. The van der Waals surface area contributed by atoms with Gasteiger partial charge in [-0.2, -0.15) is 0 Å². The Bertz CT molecular complexity index is 666. The van der Waals surface area contributed by atoms with Crippen LogP contribution in [0, 0.1) is 0 Å². The molecule has 0 fully saturated rings. The predicted molar refractivity (Wildman–Crippen MR) is 84.4 cm³/mol. The molecular weight excluding hydrogens is 357 g/mol. The van der Waals surface area contributed by atoms with E-state index in [-0.39, 0.29) is 5.56 Å². The first kappa shape index (κ1) is 21.3. The Balaban J connectivity index is 2.61. The maximum absolute atomic E-state index is 12.1. The van der Waals surface area contributed by atoms with E-state index in [1.54, 1.807) is 20.8 Å². The van der Waals surface area contributed by atoms with Gasteiger partial charge in [0.05, 0.1) is 5.56 Å². The van der Waals surface area contributed by atoms with E-state index in [1.165, 1.54) is 6.92 Å². The predicted octanol–water partition coefficient (Wildman–Crippen LogP) is 2.75. The molecule has 0 aliphatic rings. The summed E-state index contributed by atoms with van der Waals surface area (Å²) in [5, 5.41) is 4.51. The van der Waals surface area contributed by atoms with Crippen LogP contribution in [-0.4, -0.2) is 35.9 Å². The third-order valence-corrected chi connectivity index (χ3v) is 2.70. The van der Waals surface area contributed by atoms with Crippen molar-refractivity contribution in [2.45, 2.75) is 45.7 Å². The molecule has 1 aromatic carbocycles. The standard InChI is InChI=1S/C16H19F3N2O5/c1-9(12(22)20-14(24)21-15(2,3)4)25-13(23)10-5-7-11(8-6-10)26-16(17,18)19/h5-9H,1-4H3,(H2,20,21,22,24)/t9-/m0/s1. The first-order chi connectivity index (χ1) is 11.8. The highest BCUT2D eigenvalue weighted by Gasteiger charge is 2.31. The second-order valence-electron chi connectivity index (χ2n) is 6.31. The number of hydrogen-bond acceptors (Lipinski definition) is 5. The average Bonchev–Trinajstić information content (AvgIpc) is 2.43. The van der Waals surface area contributed by atoms with E-state index >= 15 is 0 Å². The van der Waals surface area contributed by atoms with Gasteiger partial charge in [0.15, 0.2) is 6.10 Å². The van der Waals surface area contributed by atoms with Crippen molar-refractivity contribution in [3.05, 3.63) is 29.8 Å². The lowest BCUT2D eigenvalue weighted by Gasteiger charge is -2.21. The number of ether oxygens (including phenoxy) is 2. The highest BCUT2D eigenvalue weighted by molar-refractivity contribution is 5.98. The van der Waals surface area contributed by atoms with Crippen molar-refractivity contribution in [2.75, 3.05) is 0 Å². The van der Waals surface area contributed by atoms with Crippen LogP contribution in [0.15, 0.2) is 24.3 Å². The van der Waals surface area contributed by atoms with Gasteiger partial charge in [0.2, 0.25) is 0 Å². The summed E-state index contributed by atoms with van der Waals surface area (Å²) < 4.78 is 44.8. The van der Waals surface area contributed by atoms with E-state index < -0.39 is 41.7 Å². The largest absolute Gasteiger partial charge is 0.573 e. The van der Waals surface area contributed by atoms with Crippen LogP contribution in [0.4, 0.5) is 18.0 Å². The number of urea groups is 1. The third-order valence-electron chi connectivity index (χ3n) is 2.70. The second kappa shape index (κ2) is 8.07. The quantitative estimate of drug-likeness (QED) is 0.788. The van der Waals surface area contributed by atoms with Gasteiger partial charge < -0.3 is 14.8 Å². The summed E-state index contributed by atoms with van der Waals surface area (Å²) in [4.78, 5) is 35.3. The Kier molecular flexibility index (Phi) is 6.60. The van der Waals surface area contributed by atoms with Gasteiger partial charge >= 0.3 is 18.4 Å². The molecule has 0 spiro atoms. The summed E-state index contributed by atoms with van der Waals surface area (Å²) in [6.45, 7) is 6.39. The van der Waals surface area contributed by atoms with Gasteiger partial charge in [0, 0.05) is 5.54 Å². The first-order valence-electron chi connectivity index (χ1n) is 7.46. The molecule has 0 aliphatic carbocycles. The van der Waals surface area contributed by atoms with Gasteiger partial charge in [-0.3, -0.25) is 10.1 Å². The number of carbonyl (C=O) groups excluding carboxylic acids is 3. The van der Waals surface area contributed by atoms with Crippen LogP contribution in [-0.2, 0) is 9.53 Å². The van der Waals surface area contributed by atoms with Crippen molar-refractivity contribution in [1.82, 2.24) is 10.6 Å². The summed E-state index contributed by atoms with van der Waals surface area (Å²) >= 11 is 0. The molecule has 0 aromatic heterocycles. The molecule has 0 unspecified atom stereocenters. The zero-order valence-corrected chi connectivity index (χ0v) is 14.6. The molecule has 0 saturated heterocycles. The van der Waals surface area contributed by atoms with Gasteiger partial charge in [-0.1, -0.05) is 0 Å². The smallest absolute Gasteiger partial charge is 0.449 e. The topological polar surface area (TPSA) is 93.7 Å². The van der Waals surface area contributed by atoms with E-state index in [1.807, 2.05) is 5.32 Å². The second-order valence-corrected chi connectivity index (χ2v) is 6.31. The fraction of sp³-hybridized carbons (Fsp3) is 0.438. The average molecular weight is 376 g/mol. The number of rotatable bonds is 4. The molecule has 0 bridgehead atoms. The van der Waals surface area contributed by atoms with Crippen LogP contribution in [0.25, 0.3) is 0 Å². The Morgan fingerprint density at radius 3 is 2.04 bits per heavy atom. The van der Waals surface area contributed by atoms with Crippen molar-refractivity contribution in [3.63, 3.8) is 0 Å². The van der Waals surface area contributed by atoms with Gasteiger partial charge in [0.25, 0.3) is 5.91 Å². The fourth-order valence-electron chi connectivity index (χ4n) is 1.66. The van der Waals surface area contributed by atoms with Crippen molar-refractivity contribution in [1.29, 1.82) is 0 Å². The maximum Gasteiger partial charge on any atom is 0.573 e. The molecule has 1 aromatic rings. The Morgan fingerprint density at radius 1 is 1.04 bits per heavy atom. The number of esters is 1. The number of halogens is 3. The number of nitrogens with one attached hydrogen (secondary N) is 2. The van der Waals surface area contributed by atoms with Gasteiger partial charge in [0.1, 0.15) is 5.75 Å². The molecule has 10 heteroatoms. The first-order valence-corrected chi connectivity index (χ1v) is 7.46. The molecule has 3 amide bonds. The van der Waals surface area contributed by atoms with E-state index in [9.17, 15) is 27.6 Å². The normalized spacial score (nSPS) is 12.7. The number of hydrogen-bond donors (Lipinski definition) is 2. The molecule has 0 heterocycles. The number of alkyl halides is 3. The van der Waals surface area contributed by atoms with Crippen LogP contribution >= 0.6 is 0 Å². The number of imide groups is 1. The number of carbonyl (C=O) groups is 3. The molecular formula is C16H19F3N2O5. The van der Waals surface area contributed by atoms with Gasteiger partial charge in [-0.15, -0.1) is 13.2 Å². The Hall–Kier alpha value is -2.78. The lowest BCUT2D eigenvalue weighted by atomic mass is 10.1. The monoisotopic (exact) mass is 376 g/mol. The summed E-state index contributed by atoms with van der Waals surface area (Å²) in [7, 11) is 0. The summed E-state index contributed by atoms with van der Waals surface area (Å²) in [6, 6.07) is 3.23. The Morgan fingerprint density at radius 2 is 1.58 bits per heavy atom. The summed E-state index contributed by atoms with van der Waals surface area (Å²) in [6.07, 6.45) is -6.14. The van der Waals surface area contributed by atoms with E-state index in [4.69, 9.17) is 4.74 Å². The van der Waals surface area contributed by atoms with E-state index in [0.29, 0.717) is 0 Å². The molecule has 0 saturated carbocycles. The van der Waals surface area contributed by atoms with Crippen molar-refractivity contribution >= 4 is 17.9 Å². The summed E-state index contributed by atoms with van der Waals surface area (Å²) in [5.74, 6) is -2.29. The number of benzene rings is 1. The Labute approximate surface area is 147 Å². The minimum atomic E-state index is -4.84. The molecule has 0 aliphatic heterocycles. The van der Waals surface area contributed by atoms with Crippen molar-refractivity contribution in [3.8, 4) is 5.75 Å². The molecule has 1 atom stereocenters. The zero-order valence-electron chi connectivity index (χ0n) is 14.6. The highest BCUT2D eigenvalue weighted by Crippen LogP contribution is 2.23. The molecule has 2 N–H and O–H groups in total. The SMILES string of the molecule is C[C@H](OC(=O)c1ccc(OC(F)(F)F)cc1)C(=O)NC(=O)NC(C)(C)C. The third kappa shape index (κ3) is 7.86. The van der Waals surface area contributed by atoms with Crippen molar-refractivity contribution in [2.24, 2.45) is 0 Å². The van der Waals surface area contributed by atoms with Crippen LogP contribution in [0.1, 0.15) is 38.1 Å². The molecule has 0 radical (unpaired) electrons. The minimum Gasteiger partial charge on any atom is -0.449 e. The fourth-order valence-corrected chi connectivity index (χ4v) is 1.66. The van der Waals surface area contributed by atoms with Gasteiger partial charge in [-0.25, -0.2) is 9.59 Å². The van der Waals surface area contributed by atoms with E-state index in [0.717, 1.165) is 24.3 Å². The van der Waals surface area contributed by atoms with Crippen LogP contribution in [0.2, 0.25) is 0 Å². The number of amides is 3. The van der Waals surface area contributed by atoms with Crippen LogP contribution < -0.4 is 15.4 Å². The molecule has 7 nitrogen and oxygen atoms in total. The van der Waals surface area contributed by atoms with Crippen molar-refractivity contribution < 1.29 is 37.0 Å². The summed E-state index contributed by atoms with van der Waals surface area (Å²) in [5.41, 5.74) is -0.650. The minimum absolute atomic E-state index is 0.0849. The lowest BCUT2D eigenvalue weighted by Crippen LogP contribution is -2.50. The lowest BCUT2D eigenvalue weighted by molar-refractivity contribution is -0.274. The maximum atomic E-state index is 12.1. The van der Waals surface area contributed by atoms with E-state index in [2.05, 4.69) is 10.1 Å². The molecule has 1 rings (SSSR count). The van der Waals surface area contributed by atoms with Gasteiger partial charge in [-0.05, 0) is 52.0 Å². The molecule has 26 heavy (non-hydrogen) atoms. The zero-order chi connectivity index (χ0) is 20.1. The molecule has 144 valence electrons.